The molecule has 128 valence electrons. The van der Waals surface area contributed by atoms with Crippen molar-refractivity contribution in [1.29, 1.82) is 0 Å². The summed E-state index contributed by atoms with van der Waals surface area (Å²) in [6.07, 6.45) is -0.826. The average molecular weight is 372 g/mol. The second kappa shape index (κ2) is 8.04. The first-order valence-electron chi connectivity index (χ1n) is 7.65. The second-order valence-electron chi connectivity index (χ2n) is 5.29. The number of carbonyl (C=O) groups is 2. The van der Waals surface area contributed by atoms with Gasteiger partial charge >= 0.3 is 5.97 Å². The lowest BCUT2D eigenvalue weighted by Crippen LogP contribution is -2.30. The zero-order valence-electron chi connectivity index (χ0n) is 13.5. The van der Waals surface area contributed by atoms with Crippen molar-refractivity contribution in [3.63, 3.8) is 0 Å². The molecule has 1 N–H and O–H groups in total. The van der Waals surface area contributed by atoms with Crippen molar-refractivity contribution < 1.29 is 14.3 Å². The Morgan fingerprint density at radius 2 is 1.96 bits per heavy atom. The lowest BCUT2D eigenvalue weighted by molar-refractivity contribution is -0.152. The number of aromatic nitrogens is 1. The highest BCUT2D eigenvalue weighted by Gasteiger charge is 2.19. The van der Waals surface area contributed by atoms with Crippen LogP contribution in [0.25, 0.3) is 9.88 Å². The first kappa shape index (κ1) is 17.3. The summed E-state index contributed by atoms with van der Waals surface area (Å²) in [5, 5.41) is 7.41. The molecule has 1 atom stereocenters. The number of benzene rings is 1. The first-order chi connectivity index (χ1) is 12.1. The minimum atomic E-state index is -0.872. The maximum absolute atomic E-state index is 12.1. The third kappa shape index (κ3) is 4.74. The van der Waals surface area contributed by atoms with Gasteiger partial charge in [-0.25, -0.2) is 4.98 Å². The Morgan fingerprint density at radius 1 is 1.16 bits per heavy atom. The van der Waals surface area contributed by atoms with Gasteiger partial charge < -0.3 is 10.1 Å². The number of para-hydroxylation sites is 1. The van der Waals surface area contributed by atoms with Gasteiger partial charge in [0.25, 0.3) is 5.91 Å². The number of hydrogen-bond donors (Lipinski definition) is 1. The van der Waals surface area contributed by atoms with Gasteiger partial charge in [0, 0.05) is 11.1 Å². The van der Waals surface area contributed by atoms with Crippen molar-refractivity contribution in [3.05, 3.63) is 58.9 Å². The van der Waals surface area contributed by atoms with E-state index in [4.69, 9.17) is 4.74 Å². The number of rotatable bonds is 6. The van der Waals surface area contributed by atoms with Crippen molar-refractivity contribution in [1.82, 2.24) is 4.98 Å². The van der Waals surface area contributed by atoms with Gasteiger partial charge in [-0.1, -0.05) is 24.3 Å². The summed E-state index contributed by atoms with van der Waals surface area (Å²) in [6, 6.07) is 13.0. The Hall–Kier alpha value is -2.51. The summed E-state index contributed by atoms with van der Waals surface area (Å²) in [4.78, 5) is 29.6. The van der Waals surface area contributed by atoms with Crippen LogP contribution < -0.4 is 5.32 Å². The quantitative estimate of drug-likeness (QED) is 0.665. The van der Waals surface area contributed by atoms with Crippen molar-refractivity contribution in [3.8, 4) is 9.88 Å². The van der Waals surface area contributed by atoms with E-state index in [1.807, 2.05) is 41.1 Å². The van der Waals surface area contributed by atoms with E-state index >= 15 is 0 Å². The molecule has 1 unspecified atom stereocenters. The molecule has 0 aliphatic heterocycles. The maximum Gasteiger partial charge on any atom is 0.312 e. The largest absolute Gasteiger partial charge is 0.452 e. The molecule has 3 rings (SSSR count). The van der Waals surface area contributed by atoms with Crippen LogP contribution in [-0.4, -0.2) is 23.0 Å². The maximum atomic E-state index is 12.1. The van der Waals surface area contributed by atoms with Gasteiger partial charge in [-0.3, -0.25) is 9.59 Å². The number of thiophene rings is 1. The fourth-order valence-corrected chi connectivity index (χ4v) is 3.74. The molecule has 2 aromatic heterocycles. The van der Waals surface area contributed by atoms with Gasteiger partial charge in [0.05, 0.1) is 17.0 Å². The van der Waals surface area contributed by atoms with Crippen LogP contribution in [0.1, 0.15) is 12.6 Å². The molecule has 0 saturated heterocycles. The predicted molar refractivity (Wildman–Crippen MR) is 99.8 cm³/mol. The molecule has 7 heteroatoms. The van der Waals surface area contributed by atoms with E-state index in [9.17, 15) is 9.59 Å². The Kier molecular flexibility index (Phi) is 5.57. The molecule has 2 heterocycles. The van der Waals surface area contributed by atoms with Crippen LogP contribution in [0.5, 0.6) is 0 Å². The molecule has 0 saturated carbocycles. The highest BCUT2D eigenvalue weighted by atomic mass is 32.1. The average Bonchev–Trinajstić information content (AvgIpc) is 3.26. The zero-order valence-corrected chi connectivity index (χ0v) is 15.1. The standard InChI is InChI=1S/C18H16N2O3S2/c1-12(17(22)19-13-6-3-2-4-7-13)23-16(21)10-14-11-25-18(20-14)15-8-5-9-24-15/h2-9,11-12H,10H2,1H3,(H,19,22). The monoisotopic (exact) mass is 372 g/mol. The minimum absolute atomic E-state index is 0.0465. The number of nitrogens with one attached hydrogen (secondary N) is 1. The summed E-state index contributed by atoms with van der Waals surface area (Å²) < 4.78 is 5.20. The van der Waals surface area contributed by atoms with Crippen LogP contribution in [0, 0.1) is 0 Å². The van der Waals surface area contributed by atoms with E-state index in [1.165, 1.54) is 11.3 Å². The molecule has 0 aliphatic carbocycles. The summed E-state index contributed by atoms with van der Waals surface area (Å²) in [5.41, 5.74) is 1.31. The molecule has 0 spiro atoms. The van der Waals surface area contributed by atoms with Crippen LogP contribution in [0.3, 0.4) is 0 Å². The molecular formula is C18H16N2O3S2. The number of ether oxygens (including phenoxy) is 1. The van der Waals surface area contributed by atoms with Gasteiger partial charge in [-0.05, 0) is 30.5 Å². The van der Waals surface area contributed by atoms with E-state index in [2.05, 4.69) is 10.3 Å². The van der Waals surface area contributed by atoms with Crippen molar-refractivity contribution in [2.45, 2.75) is 19.4 Å². The fraction of sp³-hybridized carbons (Fsp3) is 0.167. The number of nitrogens with zero attached hydrogens (tertiary/aromatic N) is 1. The van der Waals surface area contributed by atoms with Crippen LogP contribution in [0.15, 0.2) is 53.2 Å². The van der Waals surface area contributed by atoms with Gasteiger partial charge in [-0.2, -0.15) is 0 Å². The lowest BCUT2D eigenvalue weighted by atomic mass is 10.3. The number of carbonyl (C=O) groups excluding carboxylic acids is 2. The van der Waals surface area contributed by atoms with Crippen LogP contribution >= 0.6 is 22.7 Å². The van der Waals surface area contributed by atoms with E-state index in [1.54, 1.807) is 30.4 Å². The SMILES string of the molecule is CC(OC(=O)Cc1csc(-c2cccs2)n1)C(=O)Nc1ccccc1. The van der Waals surface area contributed by atoms with E-state index < -0.39 is 12.1 Å². The van der Waals surface area contributed by atoms with Gasteiger partial charge in [-0.15, -0.1) is 22.7 Å². The van der Waals surface area contributed by atoms with Crippen LogP contribution in [0.2, 0.25) is 0 Å². The van der Waals surface area contributed by atoms with Crippen LogP contribution in [0.4, 0.5) is 5.69 Å². The molecule has 25 heavy (non-hydrogen) atoms. The molecule has 3 aromatic rings. The molecule has 1 amide bonds. The number of esters is 1. The molecule has 1 aromatic carbocycles. The van der Waals surface area contributed by atoms with Crippen molar-refractivity contribution in [2.75, 3.05) is 5.32 Å². The highest BCUT2D eigenvalue weighted by Crippen LogP contribution is 2.27. The highest BCUT2D eigenvalue weighted by molar-refractivity contribution is 7.20. The number of thiazole rings is 1. The molecule has 0 bridgehead atoms. The Labute approximate surface area is 153 Å². The summed E-state index contributed by atoms with van der Waals surface area (Å²) in [7, 11) is 0. The molecule has 5 nitrogen and oxygen atoms in total. The first-order valence-corrected chi connectivity index (χ1v) is 9.41. The summed E-state index contributed by atoms with van der Waals surface area (Å²) in [5.74, 6) is -0.837. The van der Waals surface area contributed by atoms with Gasteiger partial charge in [0.1, 0.15) is 5.01 Å². The van der Waals surface area contributed by atoms with E-state index in [0.717, 1.165) is 9.88 Å². The number of anilines is 1. The third-order valence-corrected chi connectivity index (χ3v) is 5.26. The number of hydrogen-bond acceptors (Lipinski definition) is 6. The molecule has 0 fully saturated rings. The summed E-state index contributed by atoms with van der Waals surface area (Å²) >= 11 is 3.09. The van der Waals surface area contributed by atoms with Crippen molar-refractivity contribution >= 4 is 40.2 Å². The van der Waals surface area contributed by atoms with Gasteiger partial charge in [0.15, 0.2) is 6.10 Å². The fourth-order valence-electron chi connectivity index (χ4n) is 2.11. The van der Waals surface area contributed by atoms with Crippen molar-refractivity contribution in [2.24, 2.45) is 0 Å². The third-order valence-electron chi connectivity index (χ3n) is 3.33. The van der Waals surface area contributed by atoms with Gasteiger partial charge in [0.2, 0.25) is 0 Å². The van der Waals surface area contributed by atoms with E-state index in [-0.39, 0.29) is 12.3 Å². The van der Waals surface area contributed by atoms with Crippen LogP contribution in [-0.2, 0) is 20.7 Å². The topological polar surface area (TPSA) is 68.3 Å². The smallest absolute Gasteiger partial charge is 0.312 e. The Bertz CT molecular complexity index is 844. The molecule has 0 radical (unpaired) electrons. The summed E-state index contributed by atoms with van der Waals surface area (Å²) in [6.45, 7) is 1.55. The normalized spacial score (nSPS) is 11.7. The lowest BCUT2D eigenvalue weighted by Gasteiger charge is -2.13. The predicted octanol–water partition coefficient (Wildman–Crippen LogP) is 3.98. The molecular weight excluding hydrogens is 356 g/mol. The van der Waals surface area contributed by atoms with E-state index in [0.29, 0.717) is 11.4 Å². The number of amides is 1. The Morgan fingerprint density at radius 3 is 2.68 bits per heavy atom. The second-order valence-corrected chi connectivity index (χ2v) is 7.09. The Balaban J connectivity index is 1.52. The zero-order chi connectivity index (χ0) is 17.6. The molecule has 0 aliphatic rings. The minimum Gasteiger partial charge on any atom is -0.452 e.